The molecule has 11 heteroatoms. The minimum absolute atomic E-state index is 0.135. The van der Waals surface area contributed by atoms with Gasteiger partial charge in [0.15, 0.2) is 0 Å². The van der Waals surface area contributed by atoms with E-state index in [2.05, 4.69) is 9.97 Å². The van der Waals surface area contributed by atoms with E-state index < -0.39 is 41.7 Å². The third-order valence-electron chi connectivity index (χ3n) is 6.54. The van der Waals surface area contributed by atoms with Crippen LogP contribution in [0.5, 0.6) is 0 Å². The summed E-state index contributed by atoms with van der Waals surface area (Å²) in [4.78, 5) is 23.2. The Morgan fingerprint density at radius 3 is 2.76 bits per heavy atom. The number of alkyl halides is 2. The number of anilines is 1. The number of morpholine rings is 1. The van der Waals surface area contributed by atoms with Gasteiger partial charge in [0.2, 0.25) is 0 Å². The molecular weight excluding hydrogens is 454 g/mol. The van der Waals surface area contributed by atoms with E-state index >= 15 is 4.39 Å². The zero-order valence-corrected chi connectivity index (χ0v) is 17.5. The summed E-state index contributed by atoms with van der Waals surface area (Å²) in [5, 5.41) is 0. The van der Waals surface area contributed by atoms with E-state index in [1.807, 2.05) is 0 Å². The molecule has 3 heterocycles. The quantitative estimate of drug-likeness (QED) is 0.450. The Labute approximate surface area is 189 Å². The number of carbonyl (C=O) groups excluding carboxylic acids is 1. The molecule has 7 nitrogen and oxygen atoms in total. The predicted octanol–water partition coefficient (Wildman–Crippen LogP) is 3.82. The zero-order valence-electron chi connectivity index (χ0n) is 17.5. The van der Waals surface area contributed by atoms with E-state index in [1.54, 1.807) is 4.40 Å². The number of hydrogen-bond donors (Lipinski definition) is 1. The largest absolute Gasteiger partial charge is 0.382 e. The molecular formula is C23H17F4N5O2. The summed E-state index contributed by atoms with van der Waals surface area (Å²) < 4.78 is 63.2. The molecule has 6 rings (SSSR count). The van der Waals surface area contributed by atoms with Crippen LogP contribution in [0.3, 0.4) is 0 Å². The van der Waals surface area contributed by atoms with Gasteiger partial charge in [-0.05, 0) is 29.3 Å². The van der Waals surface area contributed by atoms with Crippen molar-refractivity contribution < 1.29 is 27.1 Å². The topological polar surface area (TPSA) is 85.8 Å². The highest BCUT2D eigenvalue weighted by Crippen LogP contribution is 2.42. The molecule has 1 saturated heterocycles. The van der Waals surface area contributed by atoms with Crippen LogP contribution in [0.25, 0.3) is 16.6 Å². The Morgan fingerprint density at radius 2 is 1.97 bits per heavy atom. The van der Waals surface area contributed by atoms with Crippen LogP contribution < -0.4 is 5.73 Å². The number of nitrogens with zero attached hydrogens (tertiary/aromatic N) is 4. The van der Waals surface area contributed by atoms with Gasteiger partial charge in [-0.1, -0.05) is 0 Å². The van der Waals surface area contributed by atoms with Crippen molar-refractivity contribution in [2.24, 2.45) is 0 Å². The lowest BCUT2D eigenvalue weighted by molar-refractivity contribution is -0.0517. The third kappa shape index (κ3) is 2.96. The molecule has 2 atom stereocenters. The monoisotopic (exact) mass is 471 g/mol. The van der Waals surface area contributed by atoms with Gasteiger partial charge in [-0.15, -0.1) is 0 Å². The molecule has 0 spiro atoms. The van der Waals surface area contributed by atoms with Crippen molar-refractivity contribution in [2.45, 2.75) is 25.0 Å². The first-order valence-corrected chi connectivity index (χ1v) is 10.6. The van der Waals surface area contributed by atoms with Gasteiger partial charge in [0.05, 0.1) is 53.4 Å². The SMILES string of the molecule is Nc1nc2cc(F)c(C(=O)N3CCO[C@@H]4Cc5cc(C(F)F)c(F)cc5[C@@H]43)cc2n2cncc12. The summed E-state index contributed by atoms with van der Waals surface area (Å²) in [5.74, 6) is -2.28. The smallest absolute Gasteiger partial charge is 0.266 e. The molecule has 2 aliphatic rings. The molecule has 2 aromatic heterocycles. The molecule has 34 heavy (non-hydrogen) atoms. The number of carbonyl (C=O) groups is 1. The van der Waals surface area contributed by atoms with Crippen LogP contribution in [0.2, 0.25) is 0 Å². The van der Waals surface area contributed by atoms with Crippen molar-refractivity contribution in [3.05, 3.63) is 70.7 Å². The number of nitrogens with two attached hydrogens (primary N) is 1. The van der Waals surface area contributed by atoms with Gasteiger partial charge >= 0.3 is 0 Å². The fraction of sp³-hybridized carbons (Fsp3) is 0.261. The van der Waals surface area contributed by atoms with E-state index in [0.717, 1.165) is 18.2 Å². The Balaban J connectivity index is 1.45. The molecule has 0 radical (unpaired) electrons. The lowest BCUT2D eigenvalue weighted by atomic mass is 10.0. The van der Waals surface area contributed by atoms with Crippen molar-refractivity contribution in [1.82, 2.24) is 19.3 Å². The molecule has 4 aromatic rings. The first-order valence-electron chi connectivity index (χ1n) is 10.6. The van der Waals surface area contributed by atoms with Crippen molar-refractivity contribution in [1.29, 1.82) is 0 Å². The van der Waals surface area contributed by atoms with Crippen molar-refractivity contribution in [3.63, 3.8) is 0 Å². The average Bonchev–Trinajstić information content (AvgIpc) is 3.43. The van der Waals surface area contributed by atoms with Crippen LogP contribution in [0.4, 0.5) is 23.4 Å². The fourth-order valence-electron chi connectivity index (χ4n) is 5.00. The first kappa shape index (κ1) is 20.8. The number of rotatable bonds is 2. The third-order valence-corrected chi connectivity index (χ3v) is 6.54. The van der Waals surface area contributed by atoms with E-state index in [0.29, 0.717) is 22.2 Å². The van der Waals surface area contributed by atoms with Crippen LogP contribution in [0.15, 0.2) is 36.8 Å². The second kappa shape index (κ2) is 7.39. The van der Waals surface area contributed by atoms with Gasteiger partial charge in [-0.2, -0.15) is 0 Å². The Kier molecular flexibility index (Phi) is 4.53. The summed E-state index contributed by atoms with van der Waals surface area (Å²) >= 11 is 0. The lowest BCUT2D eigenvalue weighted by Gasteiger charge is -2.38. The number of imidazole rings is 1. The van der Waals surface area contributed by atoms with Crippen LogP contribution in [-0.4, -0.2) is 44.4 Å². The second-order valence-corrected chi connectivity index (χ2v) is 8.40. The van der Waals surface area contributed by atoms with Gasteiger partial charge in [0, 0.05) is 19.0 Å². The fourth-order valence-corrected chi connectivity index (χ4v) is 5.00. The Morgan fingerprint density at radius 1 is 1.15 bits per heavy atom. The van der Waals surface area contributed by atoms with Gasteiger partial charge < -0.3 is 15.4 Å². The summed E-state index contributed by atoms with van der Waals surface area (Å²) in [6.45, 7) is 0.319. The Bertz CT molecular complexity index is 1490. The summed E-state index contributed by atoms with van der Waals surface area (Å²) in [7, 11) is 0. The van der Waals surface area contributed by atoms with E-state index in [4.69, 9.17) is 10.5 Å². The number of hydrogen-bond acceptors (Lipinski definition) is 5. The van der Waals surface area contributed by atoms with Crippen LogP contribution >= 0.6 is 0 Å². The lowest BCUT2D eigenvalue weighted by Crippen LogP contribution is -2.46. The summed E-state index contributed by atoms with van der Waals surface area (Å²) in [6.07, 6.45) is -0.241. The van der Waals surface area contributed by atoms with Crippen LogP contribution in [0.1, 0.15) is 39.5 Å². The number of nitrogen functional groups attached to an aromatic ring is 1. The molecule has 1 fully saturated rings. The predicted molar refractivity (Wildman–Crippen MR) is 113 cm³/mol. The number of fused-ring (bicyclic) bond motifs is 6. The minimum Gasteiger partial charge on any atom is -0.382 e. The highest BCUT2D eigenvalue weighted by atomic mass is 19.3. The second-order valence-electron chi connectivity index (χ2n) is 8.40. The summed E-state index contributed by atoms with van der Waals surface area (Å²) in [6, 6.07) is 3.96. The molecule has 2 aromatic carbocycles. The van der Waals surface area contributed by atoms with Crippen molar-refractivity contribution >= 4 is 28.3 Å². The molecule has 2 N–H and O–H groups in total. The minimum atomic E-state index is -2.96. The average molecular weight is 471 g/mol. The molecule has 0 saturated carbocycles. The zero-order chi connectivity index (χ0) is 23.7. The van der Waals surface area contributed by atoms with E-state index in [-0.39, 0.29) is 36.5 Å². The number of benzene rings is 2. The molecule has 1 aliphatic heterocycles. The van der Waals surface area contributed by atoms with Gasteiger partial charge in [-0.3, -0.25) is 9.20 Å². The molecule has 174 valence electrons. The number of amides is 1. The van der Waals surface area contributed by atoms with Gasteiger partial charge in [0.25, 0.3) is 12.3 Å². The molecule has 0 unspecified atom stereocenters. The number of ether oxygens (including phenoxy) is 1. The maximum absolute atomic E-state index is 15.1. The number of halogens is 4. The normalized spacial score (nSPS) is 19.7. The highest BCUT2D eigenvalue weighted by Gasteiger charge is 2.43. The molecule has 1 aliphatic carbocycles. The number of aromatic nitrogens is 3. The standard InChI is InChI=1S/C23H17F4N5O2/c24-14-5-11-10(3-12(14)21(26)27)4-19-20(11)31(1-2-34-19)23(33)13-6-17-16(7-15(13)25)30-22(28)18-8-29-9-32(17)18/h3,5-9,19-21H,1-2,4H2,(H2,28,30)/t19-,20+/m1/s1. The van der Waals surface area contributed by atoms with Crippen molar-refractivity contribution in [3.8, 4) is 0 Å². The van der Waals surface area contributed by atoms with E-state index in [9.17, 15) is 18.0 Å². The maximum atomic E-state index is 15.1. The van der Waals surface area contributed by atoms with Crippen LogP contribution in [-0.2, 0) is 11.2 Å². The molecule has 0 bridgehead atoms. The summed E-state index contributed by atoms with van der Waals surface area (Å²) in [5.41, 5.74) is 7.12. The molecule has 1 amide bonds. The van der Waals surface area contributed by atoms with Crippen LogP contribution in [0, 0.1) is 11.6 Å². The highest BCUT2D eigenvalue weighted by molar-refractivity contribution is 5.99. The maximum Gasteiger partial charge on any atom is 0.266 e. The van der Waals surface area contributed by atoms with Crippen molar-refractivity contribution in [2.75, 3.05) is 18.9 Å². The first-order chi connectivity index (χ1) is 16.3. The van der Waals surface area contributed by atoms with E-state index in [1.165, 1.54) is 23.5 Å². The Hall–Kier alpha value is -3.73. The van der Waals surface area contributed by atoms with Gasteiger partial charge in [-0.25, -0.2) is 27.5 Å². The van der Waals surface area contributed by atoms with Gasteiger partial charge in [0.1, 0.15) is 23.0 Å².